The normalized spacial score (nSPS) is 20.8. The van der Waals surface area contributed by atoms with E-state index in [1.54, 1.807) is 4.90 Å². The van der Waals surface area contributed by atoms with E-state index in [-0.39, 0.29) is 23.6 Å². The number of thioether (sulfide) groups is 1. The number of carbonyl (C=O) groups excluding carboxylic acids is 2. The first-order valence-corrected chi connectivity index (χ1v) is 9.71. The van der Waals surface area contributed by atoms with Gasteiger partial charge in [0.25, 0.3) is 0 Å². The average molecular weight is 368 g/mol. The summed E-state index contributed by atoms with van der Waals surface area (Å²) in [6.45, 7) is 2.14. The maximum absolute atomic E-state index is 13.3. The predicted octanol–water partition coefficient (Wildman–Crippen LogP) is 3.06. The molecule has 0 bridgehead atoms. The Morgan fingerprint density at radius 2 is 1.76 bits per heavy atom. The standard InChI is InChI=1S/C18H22F2N2O2S/c19-14-7-6-13(11-15(14)20)25-12-17(23)22-10-2-1-5-16(22)18(24)21-8-3-4-9-21/h6-7,11,16H,1-5,8-10,12H2. The Hall–Kier alpha value is -1.63. The molecule has 0 aromatic heterocycles. The Balaban J connectivity index is 1.62. The van der Waals surface area contributed by atoms with Crippen molar-refractivity contribution in [2.75, 3.05) is 25.4 Å². The molecule has 2 amide bonds. The summed E-state index contributed by atoms with van der Waals surface area (Å²) in [6, 6.07) is 3.24. The summed E-state index contributed by atoms with van der Waals surface area (Å²) in [5.74, 6) is -1.76. The minimum Gasteiger partial charge on any atom is -0.341 e. The first-order chi connectivity index (χ1) is 12.1. The highest BCUT2D eigenvalue weighted by Crippen LogP contribution is 2.25. The van der Waals surface area contributed by atoms with Crippen LogP contribution in [-0.2, 0) is 9.59 Å². The van der Waals surface area contributed by atoms with Gasteiger partial charge in [-0.25, -0.2) is 8.78 Å². The smallest absolute Gasteiger partial charge is 0.245 e. The van der Waals surface area contributed by atoms with Crippen molar-refractivity contribution in [3.05, 3.63) is 29.8 Å². The van der Waals surface area contributed by atoms with Crippen molar-refractivity contribution in [1.29, 1.82) is 0 Å². The Kier molecular flexibility index (Phi) is 5.93. The van der Waals surface area contributed by atoms with Gasteiger partial charge in [-0.2, -0.15) is 0 Å². The lowest BCUT2D eigenvalue weighted by molar-refractivity contribution is -0.145. The van der Waals surface area contributed by atoms with Crippen LogP contribution in [0.2, 0.25) is 0 Å². The molecular formula is C18H22F2N2O2S. The number of piperidine rings is 1. The highest BCUT2D eigenvalue weighted by atomic mass is 32.2. The fraction of sp³-hybridized carbons (Fsp3) is 0.556. The van der Waals surface area contributed by atoms with E-state index in [0.29, 0.717) is 17.9 Å². The first kappa shape index (κ1) is 18.2. The molecular weight excluding hydrogens is 346 g/mol. The zero-order valence-corrected chi connectivity index (χ0v) is 14.9. The number of carbonyl (C=O) groups is 2. The van der Waals surface area contributed by atoms with Gasteiger partial charge in [0, 0.05) is 24.5 Å². The molecule has 2 aliphatic rings. The van der Waals surface area contributed by atoms with Gasteiger partial charge in [-0.3, -0.25) is 9.59 Å². The second kappa shape index (κ2) is 8.17. The first-order valence-electron chi connectivity index (χ1n) is 8.72. The van der Waals surface area contributed by atoms with Gasteiger partial charge in [-0.1, -0.05) is 0 Å². The van der Waals surface area contributed by atoms with Gasteiger partial charge in [0.1, 0.15) is 6.04 Å². The van der Waals surface area contributed by atoms with Gasteiger partial charge < -0.3 is 9.80 Å². The molecule has 1 unspecified atom stereocenters. The SMILES string of the molecule is O=C(C1CCCCN1C(=O)CSc1ccc(F)c(F)c1)N1CCCC1. The lowest BCUT2D eigenvalue weighted by atomic mass is 10.0. The van der Waals surface area contributed by atoms with Gasteiger partial charge in [0.2, 0.25) is 11.8 Å². The Labute approximate surface area is 150 Å². The van der Waals surface area contributed by atoms with E-state index in [9.17, 15) is 18.4 Å². The van der Waals surface area contributed by atoms with E-state index >= 15 is 0 Å². The Morgan fingerprint density at radius 1 is 1.04 bits per heavy atom. The van der Waals surface area contributed by atoms with Crippen molar-refractivity contribution in [2.24, 2.45) is 0 Å². The molecule has 1 aromatic carbocycles. The molecule has 3 rings (SSSR count). The highest BCUT2D eigenvalue weighted by Gasteiger charge is 2.35. The van der Waals surface area contributed by atoms with Crippen molar-refractivity contribution in [3.8, 4) is 0 Å². The van der Waals surface area contributed by atoms with Crippen LogP contribution in [0.4, 0.5) is 8.78 Å². The van der Waals surface area contributed by atoms with E-state index in [1.165, 1.54) is 17.8 Å². The van der Waals surface area contributed by atoms with Crippen molar-refractivity contribution in [1.82, 2.24) is 9.80 Å². The molecule has 0 saturated carbocycles. The zero-order valence-electron chi connectivity index (χ0n) is 14.0. The summed E-state index contributed by atoms with van der Waals surface area (Å²) in [5, 5.41) is 0. The summed E-state index contributed by atoms with van der Waals surface area (Å²) in [5.41, 5.74) is 0. The lowest BCUT2D eigenvalue weighted by Gasteiger charge is -2.36. The van der Waals surface area contributed by atoms with Crippen LogP contribution in [0.3, 0.4) is 0 Å². The molecule has 2 fully saturated rings. The van der Waals surface area contributed by atoms with Crippen LogP contribution in [0.15, 0.2) is 23.1 Å². The van der Waals surface area contributed by atoms with Gasteiger partial charge >= 0.3 is 0 Å². The molecule has 2 saturated heterocycles. The van der Waals surface area contributed by atoms with Gasteiger partial charge in [0.05, 0.1) is 5.75 Å². The maximum atomic E-state index is 13.3. The summed E-state index contributed by atoms with van der Waals surface area (Å²) < 4.78 is 26.2. The summed E-state index contributed by atoms with van der Waals surface area (Å²) in [7, 11) is 0. The Bertz CT molecular complexity index is 650. The van der Waals surface area contributed by atoms with Crippen LogP contribution < -0.4 is 0 Å². The van der Waals surface area contributed by atoms with E-state index in [0.717, 1.165) is 50.9 Å². The molecule has 4 nitrogen and oxygen atoms in total. The molecule has 2 heterocycles. The summed E-state index contributed by atoms with van der Waals surface area (Å²) in [4.78, 5) is 29.4. The number of benzene rings is 1. The molecule has 7 heteroatoms. The zero-order chi connectivity index (χ0) is 17.8. The predicted molar refractivity (Wildman–Crippen MR) is 92.2 cm³/mol. The number of hydrogen-bond acceptors (Lipinski definition) is 3. The molecule has 0 aliphatic carbocycles. The van der Waals surface area contributed by atoms with Crippen molar-refractivity contribution in [3.63, 3.8) is 0 Å². The minimum atomic E-state index is -0.919. The number of hydrogen-bond donors (Lipinski definition) is 0. The quantitative estimate of drug-likeness (QED) is 0.767. The number of amides is 2. The molecule has 0 spiro atoms. The topological polar surface area (TPSA) is 40.6 Å². The molecule has 136 valence electrons. The van der Waals surface area contributed by atoms with Crippen LogP contribution in [0.1, 0.15) is 32.1 Å². The van der Waals surface area contributed by atoms with Crippen LogP contribution in [0.25, 0.3) is 0 Å². The number of nitrogens with zero attached hydrogens (tertiary/aromatic N) is 2. The van der Waals surface area contributed by atoms with Crippen LogP contribution in [0.5, 0.6) is 0 Å². The van der Waals surface area contributed by atoms with Crippen LogP contribution in [0, 0.1) is 11.6 Å². The van der Waals surface area contributed by atoms with Crippen molar-refractivity contribution in [2.45, 2.75) is 43.0 Å². The third-order valence-corrected chi connectivity index (χ3v) is 5.76. The second-order valence-corrected chi connectivity index (χ2v) is 7.54. The molecule has 0 N–H and O–H groups in total. The molecule has 0 radical (unpaired) electrons. The molecule has 25 heavy (non-hydrogen) atoms. The fourth-order valence-corrected chi connectivity index (χ4v) is 4.24. The number of rotatable bonds is 4. The van der Waals surface area contributed by atoms with E-state index < -0.39 is 11.6 Å². The van der Waals surface area contributed by atoms with E-state index in [2.05, 4.69) is 0 Å². The van der Waals surface area contributed by atoms with Crippen LogP contribution in [-0.4, -0.2) is 53.0 Å². The molecule has 1 atom stereocenters. The van der Waals surface area contributed by atoms with Crippen molar-refractivity contribution >= 4 is 23.6 Å². The largest absolute Gasteiger partial charge is 0.341 e. The van der Waals surface area contributed by atoms with Crippen LogP contribution >= 0.6 is 11.8 Å². The average Bonchev–Trinajstić information content (AvgIpc) is 3.16. The lowest BCUT2D eigenvalue weighted by Crippen LogP contribution is -2.53. The Morgan fingerprint density at radius 3 is 2.48 bits per heavy atom. The number of likely N-dealkylation sites (tertiary alicyclic amines) is 2. The maximum Gasteiger partial charge on any atom is 0.245 e. The third kappa shape index (κ3) is 4.32. The van der Waals surface area contributed by atoms with E-state index in [1.807, 2.05) is 4.90 Å². The van der Waals surface area contributed by atoms with Gasteiger partial charge in [-0.05, 0) is 50.3 Å². The van der Waals surface area contributed by atoms with E-state index in [4.69, 9.17) is 0 Å². The third-order valence-electron chi connectivity index (χ3n) is 4.78. The molecule has 1 aromatic rings. The summed E-state index contributed by atoms with van der Waals surface area (Å²) >= 11 is 1.17. The van der Waals surface area contributed by atoms with Gasteiger partial charge in [0.15, 0.2) is 11.6 Å². The molecule has 2 aliphatic heterocycles. The minimum absolute atomic E-state index is 0.0587. The fourth-order valence-electron chi connectivity index (χ4n) is 3.43. The van der Waals surface area contributed by atoms with Gasteiger partial charge in [-0.15, -0.1) is 11.8 Å². The highest BCUT2D eigenvalue weighted by molar-refractivity contribution is 8.00. The second-order valence-electron chi connectivity index (χ2n) is 6.50. The monoisotopic (exact) mass is 368 g/mol. The summed E-state index contributed by atoms with van der Waals surface area (Å²) in [6.07, 6.45) is 4.60. The number of halogens is 2. The van der Waals surface area contributed by atoms with Crippen molar-refractivity contribution < 1.29 is 18.4 Å².